The molecule has 0 spiro atoms. The molecule has 2 rings (SSSR count). The van der Waals surface area contributed by atoms with Gasteiger partial charge in [0.25, 0.3) is 0 Å². The minimum atomic E-state index is -3.67. The molecule has 1 N–H and O–H groups in total. The first-order valence-electron chi connectivity index (χ1n) is 9.65. The quantitative estimate of drug-likeness (QED) is 0.643. The van der Waals surface area contributed by atoms with Gasteiger partial charge in [0.15, 0.2) is 0 Å². The fraction of sp³-hybridized carbons (Fsp3) is 0.409. The van der Waals surface area contributed by atoms with E-state index < -0.39 is 15.9 Å². The number of hydrogen-bond donors (Lipinski definition) is 1. The average molecular weight is 453 g/mol. The summed E-state index contributed by atoms with van der Waals surface area (Å²) >= 11 is 5.99. The minimum Gasteiger partial charge on any atom is -0.496 e. The van der Waals surface area contributed by atoms with Gasteiger partial charge in [-0.1, -0.05) is 31.5 Å². The van der Waals surface area contributed by atoms with Crippen LogP contribution in [0, 0.1) is 6.92 Å². The van der Waals surface area contributed by atoms with Gasteiger partial charge >= 0.3 is 0 Å². The number of nitrogens with zero attached hydrogens (tertiary/aromatic N) is 1. The molecule has 8 heteroatoms. The molecule has 6 nitrogen and oxygen atoms in total. The molecule has 0 saturated carbocycles. The van der Waals surface area contributed by atoms with Gasteiger partial charge in [0, 0.05) is 5.02 Å². The summed E-state index contributed by atoms with van der Waals surface area (Å²) in [5.74, 6) is 0.661. The fourth-order valence-electron chi connectivity index (χ4n) is 3.34. The van der Waals surface area contributed by atoms with Crippen LogP contribution in [0.3, 0.4) is 0 Å². The highest BCUT2D eigenvalue weighted by Crippen LogP contribution is 2.32. The molecule has 30 heavy (non-hydrogen) atoms. The number of hydrogen-bond acceptors (Lipinski definition) is 4. The highest BCUT2D eigenvalue weighted by Gasteiger charge is 2.23. The van der Waals surface area contributed by atoms with Gasteiger partial charge in [0.1, 0.15) is 12.3 Å². The summed E-state index contributed by atoms with van der Waals surface area (Å²) in [4.78, 5) is 12.7. The smallest absolute Gasteiger partial charge is 0.241 e. The summed E-state index contributed by atoms with van der Waals surface area (Å²) in [7, 11) is -2.03. The Morgan fingerprint density at radius 2 is 1.83 bits per heavy atom. The fourth-order valence-corrected chi connectivity index (χ4v) is 4.37. The third kappa shape index (κ3) is 5.89. The third-order valence-corrected chi connectivity index (χ3v) is 6.24. The molecule has 0 fully saturated rings. The number of rotatable bonds is 8. The molecule has 0 aliphatic rings. The summed E-state index contributed by atoms with van der Waals surface area (Å²) in [6.45, 7) is 7.65. The number of carbonyl (C=O) groups is 1. The van der Waals surface area contributed by atoms with E-state index >= 15 is 0 Å². The molecule has 0 aromatic heterocycles. The standard InChI is InChI=1S/C22H29ClN2O4S/c1-14(2)19-12-20(15(3)10-21(19)29-5)16(4)24-22(26)13-25(30(6,27)28)18-9-7-8-17(23)11-18/h7-12,14,16H,13H2,1-6H3,(H,24,26). The monoisotopic (exact) mass is 452 g/mol. The molecular formula is C22H29ClN2O4S. The number of halogens is 1. The highest BCUT2D eigenvalue weighted by molar-refractivity contribution is 7.92. The number of anilines is 1. The first kappa shape index (κ1) is 24.0. The summed E-state index contributed by atoms with van der Waals surface area (Å²) < 4.78 is 31.1. The third-order valence-electron chi connectivity index (χ3n) is 4.87. The van der Waals surface area contributed by atoms with Crippen LogP contribution in [0.1, 0.15) is 49.4 Å². The maximum atomic E-state index is 12.7. The molecule has 2 aromatic carbocycles. The number of nitrogens with one attached hydrogen (secondary N) is 1. The van der Waals surface area contributed by atoms with E-state index in [1.165, 1.54) is 6.07 Å². The van der Waals surface area contributed by atoms with Crippen LogP contribution in [-0.2, 0) is 14.8 Å². The molecule has 0 aliphatic carbocycles. The van der Waals surface area contributed by atoms with Crippen LogP contribution in [0.5, 0.6) is 5.75 Å². The molecule has 2 aromatic rings. The maximum absolute atomic E-state index is 12.7. The first-order chi connectivity index (χ1) is 13.9. The maximum Gasteiger partial charge on any atom is 0.241 e. The lowest BCUT2D eigenvalue weighted by molar-refractivity contribution is -0.120. The van der Waals surface area contributed by atoms with Crippen molar-refractivity contribution in [3.63, 3.8) is 0 Å². The van der Waals surface area contributed by atoms with Crippen LogP contribution in [-0.4, -0.2) is 34.2 Å². The zero-order chi connectivity index (χ0) is 22.6. The van der Waals surface area contributed by atoms with Crippen LogP contribution in [0.2, 0.25) is 5.02 Å². The van der Waals surface area contributed by atoms with Gasteiger partial charge < -0.3 is 10.1 Å². The predicted molar refractivity (Wildman–Crippen MR) is 122 cm³/mol. The Labute approximate surface area is 184 Å². The number of benzene rings is 2. The Morgan fingerprint density at radius 1 is 1.17 bits per heavy atom. The van der Waals surface area contributed by atoms with Crippen LogP contribution < -0.4 is 14.4 Å². The van der Waals surface area contributed by atoms with Gasteiger partial charge in [-0.3, -0.25) is 9.10 Å². The second-order valence-corrected chi connectivity index (χ2v) is 9.99. The second-order valence-electron chi connectivity index (χ2n) is 7.64. The lowest BCUT2D eigenvalue weighted by atomic mass is 9.93. The summed E-state index contributed by atoms with van der Waals surface area (Å²) in [6.07, 6.45) is 1.06. The molecule has 0 aliphatic heterocycles. The topological polar surface area (TPSA) is 75.7 Å². The van der Waals surface area contributed by atoms with Gasteiger partial charge in [-0.2, -0.15) is 0 Å². The van der Waals surface area contributed by atoms with Gasteiger partial charge in [-0.15, -0.1) is 0 Å². The number of amides is 1. The van der Waals surface area contributed by atoms with Gasteiger partial charge in [0.05, 0.1) is 25.1 Å². The Kier molecular flexibility index (Phi) is 7.77. The van der Waals surface area contributed by atoms with Crippen LogP contribution in [0.4, 0.5) is 5.69 Å². The van der Waals surface area contributed by atoms with Gasteiger partial charge in [-0.25, -0.2) is 8.42 Å². The number of methoxy groups -OCH3 is 1. The van der Waals surface area contributed by atoms with Crippen LogP contribution >= 0.6 is 11.6 Å². The number of carbonyl (C=O) groups excluding carboxylic acids is 1. The molecular weight excluding hydrogens is 424 g/mol. The van der Waals surface area contributed by atoms with E-state index in [1.54, 1.807) is 25.3 Å². The van der Waals surface area contributed by atoms with Crippen LogP contribution in [0.15, 0.2) is 36.4 Å². The number of aryl methyl sites for hydroxylation is 1. The minimum absolute atomic E-state index is 0.255. The second kappa shape index (κ2) is 9.71. The van der Waals surface area contributed by atoms with Crippen molar-refractivity contribution in [1.29, 1.82) is 0 Å². The molecule has 1 amide bonds. The number of ether oxygens (including phenoxy) is 1. The van der Waals surface area contributed by atoms with Crippen molar-refractivity contribution in [3.05, 3.63) is 58.1 Å². The van der Waals surface area contributed by atoms with Crippen molar-refractivity contribution in [2.75, 3.05) is 24.2 Å². The molecule has 0 radical (unpaired) electrons. The summed E-state index contributed by atoms with van der Waals surface area (Å²) in [5.41, 5.74) is 3.34. The average Bonchev–Trinajstić information content (AvgIpc) is 2.64. The van der Waals surface area contributed by atoms with Crippen LogP contribution in [0.25, 0.3) is 0 Å². The zero-order valence-electron chi connectivity index (χ0n) is 18.2. The Hall–Kier alpha value is -2.25. The van der Waals surface area contributed by atoms with Crippen molar-refractivity contribution in [2.24, 2.45) is 0 Å². The number of sulfonamides is 1. The Balaban J connectivity index is 2.25. The van der Waals surface area contributed by atoms with E-state index in [0.29, 0.717) is 10.7 Å². The largest absolute Gasteiger partial charge is 0.496 e. The lowest BCUT2D eigenvalue weighted by Crippen LogP contribution is -2.41. The molecule has 0 bridgehead atoms. The van der Waals surface area contributed by atoms with Crippen molar-refractivity contribution in [1.82, 2.24) is 5.32 Å². The summed E-state index contributed by atoms with van der Waals surface area (Å²) in [6, 6.07) is 10.1. The molecule has 164 valence electrons. The molecule has 1 unspecified atom stereocenters. The normalized spacial score (nSPS) is 12.5. The van der Waals surface area contributed by atoms with Gasteiger partial charge in [-0.05, 0) is 66.8 Å². The SMILES string of the molecule is COc1cc(C)c(C(C)NC(=O)CN(c2cccc(Cl)c2)S(C)(=O)=O)cc1C(C)C. The van der Waals surface area contributed by atoms with E-state index in [9.17, 15) is 13.2 Å². The molecule has 0 saturated heterocycles. The lowest BCUT2D eigenvalue weighted by Gasteiger charge is -2.24. The van der Waals surface area contributed by atoms with Crippen molar-refractivity contribution in [2.45, 2.75) is 39.7 Å². The Morgan fingerprint density at radius 3 is 2.37 bits per heavy atom. The first-order valence-corrected chi connectivity index (χ1v) is 11.9. The summed E-state index contributed by atoms with van der Waals surface area (Å²) in [5, 5.41) is 3.30. The highest BCUT2D eigenvalue weighted by atomic mass is 35.5. The predicted octanol–water partition coefficient (Wildman–Crippen LogP) is 4.42. The Bertz CT molecular complexity index is 1020. The van der Waals surface area contributed by atoms with Crippen molar-refractivity contribution >= 4 is 33.2 Å². The van der Waals surface area contributed by atoms with E-state index in [0.717, 1.165) is 33.0 Å². The zero-order valence-corrected chi connectivity index (χ0v) is 19.8. The van der Waals surface area contributed by atoms with Crippen molar-refractivity contribution in [3.8, 4) is 5.75 Å². The molecule has 0 heterocycles. The van der Waals surface area contributed by atoms with Crippen molar-refractivity contribution < 1.29 is 17.9 Å². The van der Waals surface area contributed by atoms with E-state index in [-0.39, 0.29) is 18.5 Å². The van der Waals surface area contributed by atoms with E-state index in [4.69, 9.17) is 16.3 Å². The van der Waals surface area contributed by atoms with E-state index in [2.05, 4.69) is 19.2 Å². The molecule has 1 atom stereocenters. The van der Waals surface area contributed by atoms with Gasteiger partial charge in [0.2, 0.25) is 15.9 Å². The van der Waals surface area contributed by atoms with E-state index in [1.807, 2.05) is 26.0 Å².